The maximum absolute atomic E-state index is 12.0. The number of Topliss-reactive ketones (excluding diaryl/α,β-unsaturated/α-hetero) is 2. The number of primary amides is 1. The van der Waals surface area contributed by atoms with Crippen LogP contribution in [0.3, 0.4) is 0 Å². The molecule has 0 aromatic carbocycles. The molecule has 0 rings (SSSR count). The van der Waals surface area contributed by atoms with Gasteiger partial charge in [-0.15, -0.1) is 0 Å². The molecule has 0 aliphatic heterocycles. The SMILES string of the molecule is CCSCC(CC(=O)CCCCCNC(=O)CCC(=O)CNC(=O)CN)C(N)=O. The first-order chi connectivity index (χ1) is 13.8. The topological polar surface area (TPSA) is 161 Å². The van der Waals surface area contributed by atoms with Gasteiger partial charge < -0.3 is 22.1 Å². The fourth-order valence-corrected chi connectivity index (χ4v) is 3.23. The summed E-state index contributed by atoms with van der Waals surface area (Å²) in [6, 6.07) is 0. The highest BCUT2D eigenvalue weighted by atomic mass is 32.2. The molecule has 9 nitrogen and oxygen atoms in total. The molecule has 6 N–H and O–H groups in total. The lowest BCUT2D eigenvalue weighted by atomic mass is 10.0. The lowest BCUT2D eigenvalue weighted by Crippen LogP contribution is -2.34. The van der Waals surface area contributed by atoms with Crippen LogP contribution < -0.4 is 22.1 Å². The Balaban J connectivity index is 3.76. The Morgan fingerprint density at radius 1 is 0.897 bits per heavy atom. The van der Waals surface area contributed by atoms with Crippen molar-refractivity contribution in [3.8, 4) is 0 Å². The van der Waals surface area contributed by atoms with Crippen molar-refractivity contribution in [1.29, 1.82) is 0 Å². The van der Waals surface area contributed by atoms with Gasteiger partial charge in [-0.1, -0.05) is 13.3 Å². The minimum absolute atomic E-state index is 0.0368. The van der Waals surface area contributed by atoms with E-state index in [1.807, 2.05) is 6.92 Å². The average molecular weight is 431 g/mol. The summed E-state index contributed by atoms with van der Waals surface area (Å²) in [5.74, 6) is -0.209. The number of hydrogen-bond acceptors (Lipinski definition) is 7. The molecule has 0 aliphatic carbocycles. The van der Waals surface area contributed by atoms with E-state index < -0.39 is 17.7 Å². The first-order valence-electron chi connectivity index (χ1n) is 9.94. The number of thioether (sulfide) groups is 1. The summed E-state index contributed by atoms with van der Waals surface area (Å²) in [6.07, 6.45) is 2.92. The summed E-state index contributed by atoms with van der Waals surface area (Å²) >= 11 is 1.60. The van der Waals surface area contributed by atoms with Crippen LogP contribution in [0.4, 0.5) is 0 Å². The van der Waals surface area contributed by atoms with E-state index in [9.17, 15) is 24.0 Å². The monoisotopic (exact) mass is 430 g/mol. The van der Waals surface area contributed by atoms with Crippen LogP contribution >= 0.6 is 11.8 Å². The zero-order valence-corrected chi connectivity index (χ0v) is 18.0. The van der Waals surface area contributed by atoms with Gasteiger partial charge in [0.05, 0.1) is 19.0 Å². The van der Waals surface area contributed by atoms with Crippen molar-refractivity contribution in [3.05, 3.63) is 0 Å². The van der Waals surface area contributed by atoms with Crippen LogP contribution in [-0.2, 0) is 24.0 Å². The summed E-state index contributed by atoms with van der Waals surface area (Å²) < 4.78 is 0. The minimum atomic E-state index is -0.428. The third kappa shape index (κ3) is 15.6. The molecular weight excluding hydrogens is 396 g/mol. The van der Waals surface area contributed by atoms with Crippen molar-refractivity contribution in [2.45, 2.75) is 51.9 Å². The zero-order chi connectivity index (χ0) is 22.1. The van der Waals surface area contributed by atoms with Crippen molar-refractivity contribution in [3.63, 3.8) is 0 Å². The van der Waals surface area contributed by atoms with Gasteiger partial charge in [0.2, 0.25) is 17.7 Å². The molecule has 0 fully saturated rings. The Bertz CT molecular complexity index is 557. The summed E-state index contributed by atoms with van der Waals surface area (Å²) in [5.41, 5.74) is 10.5. The Morgan fingerprint density at radius 2 is 1.62 bits per heavy atom. The van der Waals surface area contributed by atoms with E-state index in [0.717, 1.165) is 18.6 Å². The molecule has 0 aromatic rings. The predicted octanol–water partition coefficient (Wildman–Crippen LogP) is -0.0990. The molecule has 0 saturated carbocycles. The molecule has 0 radical (unpaired) electrons. The maximum Gasteiger partial charge on any atom is 0.234 e. The van der Waals surface area contributed by atoms with Gasteiger partial charge >= 0.3 is 0 Å². The number of nitrogens with two attached hydrogens (primary N) is 2. The highest BCUT2D eigenvalue weighted by Crippen LogP contribution is 2.14. The highest BCUT2D eigenvalue weighted by Gasteiger charge is 2.18. The maximum atomic E-state index is 12.0. The first-order valence-corrected chi connectivity index (χ1v) is 11.1. The minimum Gasteiger partial charge on any atom is -0.369 e. The number of carbonyl (C=O) groups is 5. The van der Waals surface area contributed by atoms with E-state index in [-0.39, 0.29) is 49.8 Å². The van der Waals surface area contributed by atoms with E-state index in [1.54, 1.807) is 11.8 Å². The average Bonchev–Trinajstić information content (AvgIpc) is 2.69. The number of ketones is 2. The van der Waals surface area contributed by atoms with Crippen LogP contribution in [0.25, 0.3) is 0 Å². The normalized spacial score (nSPS) is 11.5. The van der Waals surface area contributed by atoms with Gasteiger partial charge in [-0.05, 0) is 18.6 Å². The van der Waals surface area contributed by atoms with Gasteiger partial charge in [0.25, 0.3) is 0 Å². The second-order valence-corrected chi connectivity index (χ2v) is 8.00. The molecule has 166 valence electrons. The van der Waals surface area contributed by atoms with Gasteiger partial charge in [-0.3, -0.25) is 24.0 Å². The largest absolute Gasteiger partial charge is 0.369 e. The van der Waals surface area contributed by atoms with Gasteiger partial charge in [-0.25, -0.2) is 0 Å². The first kappa shape index (κ1) is 27.1. The standard InChI is InChI=1S/C19H34N4O5S/c1-2-29-13-14(19(21)28)10-15(24)6-4-3-5-9-22-17(26)8-7-16(25)12-23-18(27)11-20/h14H,2-13,20H2,1H3,(H2,21,28)(H,22,26)(H,23,27). The molecule has 0 saturated heterocycles. The Morgan fingerprint density at radius 3 is 2.24 bits per heavy atom. The van der Waals surface area contributed by atoms with Crippen molar-refractivity contribution >= 4 is 41.0 Å². The summed E-state index contributed by atoms with van der Waals surface area (Å²) in [6.45, 7) is 2.17. The van der Waals surface area contributed by atoms with Crippen LogP contribution in [0.1, 0.15) is 51.9 Å². The molecule has 0 bridgehead atoms. The van der Waals surface area contributed by atoms with Crippen LogP contribution in [-0.4, -0.2) is 60.4 Å². The van der Waals surface area contributed by atoms with Gasteiger partial charge in [0, 0.05) is 38.0 Å². The molecule has 1 unspecified atom stereocenters. The second kappa shape index (κ2) is 17.0. The Labute approximate surface area is 176 Å². The summed E-state index contributed by atoms with van der Waals surface area (Å²) in [4.78, 5) is 57.5. The Kier molecular flexibility index (Phi) is 15.8. The van der Waals surface area contributed by atoms with Crippen LogP contribution in [0, 0.1) is 5.92 Å². The van der Waals surface area contributed by atoms with E-state index in [2.05, 4.69) is 10.6 Å². The number of amides is 3. The van der Waals surface area contributed by atoms with E-state index in [4.69, 9.17) is 11.5 Å². The number of hydrogen-bond donors (Lipinski definition) is 4. The van der Waals surface area contributed by atoms with Crippen molar-refractivity contribution < 1.29 is 24.0 Å². The molecule has 1 atom stereocenters. The fourth-order valence-electron chi connectivity index (χ4n) is 2.43. The van der Waals surface area contributed by atoms with Crippen molar-refractivity contribution in [2.75, 3.05) is 31.1 Å². The zero-order valence-electron chi connectivity index (χ0n) is 17.2. The molecule has 29 heavy (non-hydrogen) atoms. The Hall–Kier alpha value is -1.94. The summed E-state index contributed by atoms with van der Waals surface area (Å²) in [5, 5.41) is 5.08. The molecule has 0 aliphatic rings. The van der Waals surface area contributed by atoms with Crippen LogP contribution in [0.15, 0.2) is 0 Å². The van der Waals surface area contributed by atoms with E-state index >= 15 is 0 Å². The molecule has 0 heterocycles. The number of rotatable bonds is 18. The van der Waals surface area contributed by atoms with E-state index in [0.29, 0.717) is 25.1 Å². The van der Waals surface area contributed by atoms with Gasteiger partial charge in [-0.2, -0.15) is 11.8 Å². The fraction of sp³-hybridized carbons (Fsp3) is 0.737. The van der Waals surface area contributed by atoms with E-state index in [1.165, 1.54) is 0 Å². The third-order valence-electron chi connectivity index (χ3n) is 4.15. The van der Waals surface area contributed by atoms with Crippen LogP contribution in [0.2, 0.25) is 0 Å². The van der Waals surface area contributed by atoms with Crippen LogP contribution in [0.5, 0.6) is 0 Å². The summed E-state index contributed by atoms with van der Waals surface area (Å²) in [7, 11) is 0. The number of nitrogens with one attached hydrogen (secondary N) is 2. The molecule has 0 aromatic heterocycles. The van der Waals surface area contributed by atoms with Crippen molar-refractivity contribution in [1.82, 2.24) is 10.6 Å². The predicted molar refractivity (Wildman–Crippen MR) is 113 cm³/mol. The number of carbonyl (C=O) groups excluding carboxylic acids is 5. The lowest BCUT2D eigenvalue weighted by Gasteiger charge is -2.11. The molecule has 10 heteroatoms. The van der Waals surface area contributed by atoms with Gasteiger partial charge in [0.1, 0.15) is 5.78 Å². The third-order valence-corrected chi connectivity index (χ3v) is 5.20. The number of unbranched alkanes of at least 4 members (excludes halogenated alkanes) is 2. The second-order valence-electron chi connectivity index (χ2n) is 6.68. The molecule has 3 amide bonds. The molecular formula is C19H34N4O5S. The van der Waals surface area contributed by atoms with Gasteiger partial charge in [0.15, 0.2) is 5.78 Å². The highest BCUT2D eigenvalue weighted by molar-refractivity contribution is 7.99. The van der Waals surface area contributed by atoms with Crippen molar-refractivity contribution in [2.24, 2.45) is 17.4 Å². The smallest absolute Gasteiger partial charge is 0.234 e. The quantitative estimate of drug-likeness (QED) is 0.221. The lowest BCUT2D eigenvalue weighted by molar-refractivity contribution is -0.126. The molecule has 0 spiro atoms.